The first-order valence-corrected chi connectivity index (χ1v) is 14.1. The first-order valence-electron chi connectivity index (χ1n) is 12.2. The van der Waals surface area contributed by atoms with Crippen LogP contribution in [0.25, 0.3) is 0 Å². The SMILES string of the molecule is COC(=O)CC[C@@H](C)[C@H]1CC[C@H]2[C@@H]3CC[C@H]4C[C@@H]5CC[C@]4(C)[C@@]3(O5)[C@@H](Br)[C@@H](Br)[C@]12C. The molecule has 6 rings (SSSR count). The molecule has 170 valence electrons. The largest absolute Gasteiger partial charge is 0.469 e. The van der Waals surface area contributed by atoms with Crippen molar-refractivity contribution in [1.29, 1.82) is 0 Å². The molecule has 1 spiro atoms. The Morgan fingerprint density at radius 2 is 1.83 bits per heavy atom. The molecule has 0 aromatic rings. The van der Waals surface area contributed by atoms with E-state index in [2.05, 4.69) is 52.6 Å². The topological polar surface area (TPSA) is 35.5 Å². The highest BCUT2D eigenvalue weighted by atomic mass is 79.9. The van der Waals surface area contributed by atoms with Crippen LogP contribution in [0.2, 0.25) is 0 Å². The number of hydrogen-bond donors (Lipinski definition) is 0. The second-order valence-electron chi connectivity index (χ2n) is 11.7. The molecule has 4 bridgehead atoms. The first kappa shape index (κ1) is 22.2. The lowest BCUT2D eigenvalue weighted by atomic mass is 9.40. The number of carbonyl (C=O) groups excluding carboxylic acids is 1. The van der Waals surface area contributed by atoms with Gasteiger partial charge in [0.15, 0.2) is 0 Å². The Morgan fingerprint density at radius 3 is 2.57 bits per heavy atom. The molecule has 0 N–H and O–H groups in total. The zero-order valence-corrected chi connectivity index (χ0v) is 22.1. The first-order chi connectivity index (χ1) is 14.2. The zero-order valence-electron chi connectivity index (χ0n) is 19.0. The monoisotopic (exact) mass is 544 g/mol. The Hall–Kier alpha value is 0.390. The molecule has 0 aromatic heterocycles. The van der Waals surface area contributed by atoms with E-state index in [1.54, 1.807) is 0 Å². The second-order valence-corrected chi connectivity index (χ2v) is 13.6. The van der Waals surface area contributed by atoms with Gasteiger partial charge in [-0.1, -0.05) is 52.6 Å². The maximum Gasteiger partial charge on any atom is 0.305 e. The van der Waals surface area contributed by atoms with Gasteiger partial charge in [0.25, 0.3) is 0 Å². The number of methoxy groups -OCH3 is 1. The Morgan fingerprint density at radius 1 is 1.10 bits per heavy atom. The van der Waals surface area contributed by atoms with E-state index >= 15 is 0 Å². The third-order valence-corrected chi connectivity index (χ3v) is 14.4. The van der Waals surface area contributed by atoms with Crippen LogP contribution in [-0.2, 0) is 14.3 Å². The molecule has 0 aromatic carbocycles. The number of ether oxygens (including phenoxy) is 2. The Balaban J connectivity index is 1.48. The molecule has 6 fully saturated rings. The van der Waals surface area contributed by atoms with Crippen molar-refractivity contribution >= 4 is 37.8 Å². The number of fused-ring (bicyclic) bond motifs is 3. The minimum atomic E-state index is -0.0733. The van der Waals surface area contributed by atoms with Crippen molar-refractivity contribution in [3.8, 4) is 0 Å². The smallest absolute Gasteiger partial charge is 0.305 e. The number of rotatable bonds is 4. The van der Waals surface area contributed by atoms with Crippen molar-refractivity contribution in [2.75, 3.05) is 7.11 Å². The molecule has 2 aliphatic heterocycles. The quantitative estimate of drug-likeness (QED) is 0.298. The summed E-state index contributed by atoms with van der Waals surface area (Å²) in [6.45, 7) is 7.49. The highest BCUT2D eigenvalue weighted by molar-refractivity contribution is 9.12. The second kappa shape index (κ2) is 7.45. The lowest BCUT2D eigenvalue weighted by Crippen LogP contribution is -2.77. The van der Waals surface area contributed by atoms with Crippen LogP contribution in [0.3, 0.4) is 0 Å². The Labute approximate surface area is 199 Å². The molecule has 0 amide bonds. The van der Waals surface area contributed by atoms with Crippen molar-refractivity contribution in [1.82, 2.24) is 0 Å². The lowest BCUT2D eigenvalue weighted by Gasteiger charge is -2.74. The molecule has 0 unspecified atom stereocenters. The van der Waals surface area contributed by atoms with Gasteiger partial charge in [-0.15, -0.1) is 0 Å². The van der Waals surface area contributed by atoms with Crippen molar-refractivity contribution in [2.24, 2.45) is 40.4 Å². The minimum absolute atomic E-state index is 0.0143. The molecule has 6 aliphatic rings. The molecule has 4 aliphatic carbocycles. The van der Waals surface area contributed by atoms with Crippen molar-refractivity contribution < 1.29 is 14.3 Å². The average molecular weight is 546 g/mol. The van der Waals surface area contributed by atoms with Gasteiger partial charge in [0.05, 0.1) is 23.6 Å². The summed E-state index contributed by atoms with van der Waals surface area (Å²) >= 11 is 8.57. The van der Waals surface area contributed by atoms with Gasteiger partial charge >= 0.3 is 5.97 Å². The van der Waals surface area contributed by atoms with Crippen LogP contribution in [0.5, 0.6) is 0 Å². The fraction of sp³-hybridized carbons (Fsp3) is 0.960. The number of halogens is 2. The third-order valence-electron chi connectivity index (χ3n) is 10.9. The summed E-state index contributed by atoms with van der Waals surface area (Å²) in [5.74, 6) is 3.29. The van der Waals surface area contributed by atoms with Gasteiger partial charge in [0, 0.05) is 16.7 Å². The van der Waals surface area contributed by atoms with Crippen LogP contribution in [0.4, 0.5) is 0 Å². The van der Waals surface area contributed by atoms with Gasteiger partial charge in [0.1, 0.15) is 0 Å². The van der Waals surface area contributed by atoms with Gasteiger partial charge < -0.3 is 9.47 Å². The normalized spacial score (nSPS) is 54.9. The van der Waals surface area contributed by atoms with E-state index in [-0.39, 0.29) is 17.0 Å². The maximum atomic E-state index is 11.8. The van der Waals surface area contributed by atoms with Gasteiger partial charge in [-0.2, -0.15) is 0 Å². The molecule has 0 radical (unpaired) electrons. The third kappa shape index (κ3) is 2.67. The number of carbonyl (C=O) groups is 1. The molecule has 11 atom stereocenters. The van der Waals surface area contributed by atoms with E-state index in [0.29, 0.717) is 51.3 Å². The predicted molar refractivity (Wildman–Crippen MR) is 126 cm³/mol. The highest BCUT2D eigenvalue weighted by Crippen LogP contribution is 2.75. The Bertz CT molecular complexity index is 715. The summed E-state index contributed by atoms with van der Waals surface area (Å²) in [5.41, 5.74) is 0.531. The average Bonchev–Trinajstić information content (AvgIpc) is 3.08. The predicted octanol–water partition coefficient (Wildman–Crippen LogP) is 6.50. The molecule has 2 saturated heterocycles. The lowest BCUT2D eigenvalue weighted by molar-refractivity contribution is -0.325. The van der Waals surface area contributed by atoms with E-state index < -0.39 is 0 Å². The van der Waals surface area contributed by atoms with Crippen LogP contribution in [0, 0.1) is 40.4 Å². The van der Waals surface area contributed by atoms with Crippen LogP contribution in [0.1, 0.15) is 78.6 Å². The van der Waals surface area contributed by atoms with Gasteiger partial charge in [-0.3, -0.25) is 4.79 Å². The number of alkyl halides is 2. The molecular formula is C25H38Br2O3. The molecule has 3 nitrogen and oxygen atoms in total. The minimum Gasteiger partial charge on any atom is -0.469 e. The summed E-state index contributed by atoms with van der Waals surface area (Å²) in [5, 5.41) is 0. The molecule has 4 saturated carbocycles. The summed E-state index contributed by atoms with van der Waals surface area (Å²) in [7, 11) is 1.50. The highest BCUT2D eigenvalue weighted by Gasteiger charge is 2.76. The molecule has 30 heavy (non-hydrogen) atoms. The summed E-state index contributed by atoms with van der Waals surface area (Å²) < 4.78 is 12.1. The fourth-order valence-corrected chi connectivity index (χ4v) is 12.0. The van der Waals surface area contributed by atoms with Gasteiger partial charge in [0.2, 0.25) is 0 Å². The van der Waals surface area contributed by atoms with Crippen LogP contribution >= 0.6 is 31.9 Å². The summed E-state index contributed by atoms with van der Waals surface area (Å²) in [6, 6.07) is 0. The molecular weight excluding hydrogens is 508 g/mol. The Kier molecular flexibility index (Phi) is 5.51. The molecule has 2 heterocycles. The number of hydrogen-bond acceptors (Lipinski definition) is 3. The van der Waals surface area contributed by atoms with E-state index in [0.717, 1.165) is 12.3 Å². The van der Waals surface area contributed by atoms with E-state index in [1.807, 2.05) is 0 Å². The van der Waals surface area contributed by atoms with E-state index in [4.69, 9.17) is 9.47 Å². The van der Waals surface area contributed by atoms with Gasteiger partial charge in [-0.25, -0.2) is 0 Å². The maximum absolute atomic E-state index is 11.8. The summed E-state index contributed by atoms with van der Waals surface area (Å²) in [4.78, 5) is 12.5. The number of esters is 1. The standard InChI is InChI=1S/C25H38Br2O3/c1-14(5-10-20(28)29-4)17-8-9-18-19-7-6-15-13-16-11-12-23(15,2)25(19,30-16)22(27)21(26)24(17,18)3/h14-19,21-22H,5-13H2,1-4H3/t14-,15+,16+,17-,18+,19+,21-,22+,23+,24-,25+/m1/s1. The molecule has 5 heteroatoms. The van der Waals surface area contributed by atoms with Crippen LogP contribution < -0.4 is 0 Å². The van der Waals surface area contributed by atoms with Crippen molar-refractivity contribution in [3.05, 3.63) is 0 Å². The van der Waals surface area contributed by atoms with Crippen LogP contribution in [-0.4, -0.2) is 34.4 Å². The van der Waals surface area contributed by atoms with Crippen LogP contribution in [0.15, 0.2) is 0 Å². The summed E-state index contributed by atoms with van der Waals surface area (Å²) in [6.07, 6.45) is 11.1. The van der Waals surface area contributed by atoms with Gasteiger partial charge in [-0.05, 0) is 86.4 Å². The van der Waals surface area contributed by atoms with E-state index in [9.17, 15) is 4.79 Å². The van der Waals surface area contributed by atoms with Crippen molar-refractivity contribution in [2.45, 2.75) is 99.9 Å². The van der Waals surface area contributed by atoms with Crippen molar-refractivity contribution in [3.63, 3.8) is 0 Å². The zero-order chi connectivity index (χ0) is 21.5. The van der Waals surface area contributed by atoms with E-state index in [1.165, 1.54) is 52.1 Å². The fourth-order valence-electron chi connectivity index (χ4n) is 9.40.